The van der Waals surface area contributed by atoms with Gasteiger partial charge in [-0.2, -0.15) is 0 Å². The highest BCUT2D eigenvalue weighted by Crippen LogP contribution is 2.27. The average Bonchev–Trinajstić information content (AvgIpc) is 3.23. The summed E-state index contributed by atoms with van der Waals surface area (Å²) in [5.74, 6) is 0.857. The molecule has 0 atom stereocenters. The zero-order valence-electron chi connectivity index (χ0n) is 16.5. The van der Waals surface area contributed by atoms with Crippen molar-refractivity contribution in [1.82, 2.24) is 19.7 Å². The second-order valence-electron chi connectivity index (χ2n) is 6.60. The van der Waals surface area contributed by atoms with Gasteiger partial charge in [0.05, 0.1) is 5.75 Å². The number of amides is 1. The van der Waals surface area contributed by atoms with Crippen molar-refractivity contribution in [2.75, 3.05) is 11.1 Å². The number of nitrogens with one attached hydrogen (secondary N) is 1. The summed E-state index contributed by atoms with van der Waals surface area (Å²) in [5, 5.41) is 12.3. The lowest BCUT2D eigenvalue weighted by Gasteiger charge is -2.10. The maximum atomic E-state index is 12.5. The first-order valence-electron chi connectivity index (χ1n) is 9.67. The van der Waals surface area contributed by atoms with E-state index in [1.165, 1.54) is 17.3 Å². The Hall–Kier alpha value is -3.45. The van der Waals surface area contributed by atoms with E-state index in [9.17, 15) is 4.79 Å². The molecule has 2 heterocycles. The monoisotopic (exact) mass is 415 g/mol. The predicted octanol–water partition coefficient (Wildman–Crippen LogP) is 4.62. The van der Waals surface area contributed by atoms with Gasteiger partial charge in [0, 0.05) is 29.3 Å². The van der Waals surface area contributed by atoms with Gasteiger partial charge in [-0.25, -0.2) is 0 Å². The molecule has 2 aromatic heterocycles. The van der Waals surface area contributed by atoms with Crippen molar-refractivity contribution in [3.63, 3.8) is 0 Å². The van der Waals surface area contributed by atoms with Gasteiger partial charge >= 0.3 is 0 Å². The lowest BCUT2D eigenvalue weighted by molar-refractivity contribution is -0.113. The Labute approximate surface area is 179 Å². The fraction of sp³-hybridized carbons (Fsp3) is 0.130. The Kier molecular flexibility index (Phi) is 6.20. The van der Waals surface area contributed by atoms with Crippen LogP contribution in [0.1, 0.15) is 12.5 Å². The van der Waals surface area contributed by atoms with Crippen LogP contribution in [0.2, 0.25) is 0 Å². The van der Waals surface area contributed by atoms with E-state index >= 15 is 0 Å². The molecule has 0 radical (unpaired) electrons. The van der Waals surface area contributed by atoms with Crippen LogP contribution in [0.3, 0.4) is 0 Å². The van der Waals surface area contributed by atoms with Crippen molar-refractivity contribution in [2.45, 2.75) is 18.5 Å². The molecular formula is C23H21N5OS. The minimum atomic E-state index is -0.0858. The zero-order valence-corrected chi connectivity index (χ0v) is 17.3. The van der Waals surface area contributed by atoms with Crippen molar-refractivity contribution in [1.29, 1.82) is 0 Å². The molecule has 1 amide bonds. The normalized spacial score (nSPS) is 10.7. The highest BCUT2D eigenvalue weighted by molar-refractivity contribution is 7.99. The molecule has 0 bridgehead atoms. The van der Waals surface area contributed by atoms with Crippen LogP contribution in [0, 0.1) is 0 Å². The van der Waals surface area contributed by atoms with E-state index < -0.39 is 0 Å². The Morgan fingerprint density at radius 2 is 1.70 bits per heavy atom. The average molecular weight is 416 g/mol. The van der Waals surface area contributed by atoms with Gasteiger partial charge < -0.3 is 5.32 Å². The molecule has 150 valence electrons. The van der Waals surface area contributed by atoms with Gasteiger partial charge in [0.15, 0.2) is 11.0 Å². The van der Waals surface area contributed by atoms with Crippen LogP contribution in [0.4, 0.5) is 5.69 Å². The van der Waals surface area contributed by atoms with Crippen molar-refractivity contribution in [3.8, 4) is 17.1 Å². The summed E-state index contributed by atoms with van der Waals surface area (Å²) in [7, 11) is 0. The molecule has 0 unspecified atom stereocenters. The predicted molar refractivity (Wildman–Crippen MR) is 120 cm³/mol. The van der Waals surface area contributed by atoms with Crippen LogP contribution in [-0.4, -0.2) is 31.4 Å². The molecule has 4 rings (SSSR count). The Balaban J connectivity index is 1.54. The van der Waals surface area contributed by atoms with E-state index in [2.05, 4.69) is 27.4 Å². The van der Waals surface area contributed by atoms with E-state index in [1.807, 2.05) is 71.3 Å². The molecule has 2 aromatic carbocycles. The number of aromatic nitrogens is 4. The quantitative estimate of drug-likeness (QED) is 0.446. The first kappa shape index (κ1) is 19.8. The number of anilines is 1. The number of rotatable bonds is 7. The van der Waals surface area contributed by atoms with Crippen LogP contribution < -0.4 is 5.32 Å². The molecule has 0 fully saturated rings. The molecule has 0 aliphatic carbocycles. The molecule has 30 heavy (non-hydrogen) atoms. The molecule has 0 aliphatic heterocycles. The van der Waals surface area contributed by atoms with Gasteiger partial charge in [-0.05, 0) is 48.4 Å². The molecule has 4 aromatic rings. The van der Waals surface area contributed by atoms with E-state index in [-0.39, 0.29) is 11.7 Å². The Bertz CT molecular complexity index is 1110. The first-order valence-corrected chi connectivity index (χ1v) is 10.7. The Morgan fingerprint density at radius 1 is 0.967 bits per heavy atom. The number of hydrogen-bond donors (Lipinski definition) is 1. The third kappa shape index (κ3) is 4.58. The number of aryl methyl sites for hydroxylation is 1. The van der Waals surface area contributed by atoms with Gasteiger partial charge in [-0.1, -0.05) is 49.0 Å². The highest BCUT2D eigenvalue weighted by atomic mass is 32.2. The number of benzene rings is 2. The van der Waals surface area contributed by atoms with E-state index in [0.717, 1.165) is 23.4 Å². The number of carbonyl (C=O) groups is 1. The second kappa shape index (κ2) is 9.37. The highest BCUT2D eigenvalue weighted by Gasteiger charge is 2.17. The molecule has 1 N–H and O–H groups in total. The second-order valence-corrected chi connectivity index (χ2v) is 7.54. The summed E-state index contributed by atoms with van der Waals surface area (Å²) in [5.41, 5.74) is 3.88. The lowest BCUT2D eigenvalue weighted by atomic mass is 10.1. The van der Waals surface area contributed by atoms with Crippen LogP contribution in [-0.2, 0) is 11.2 Å². The number of hydrogen-bond acceptors (Lipinski definition) is 5. The summed E-state index contributed by atoms with van der Waals surface area (Å²) in [6, 6.07) is 21.6. The van der Waals surface area contributed by atoms with Crippen molar-refractivity contribution in [2.24, 2.45) is 0 Å². The summed E-state index contributed by atoms with van der Waals surface area (Å²) in [6.07, 6.45) is 4.42. The topological polar surface area (TPSA) is 72.7 Å². The van der Waals surface area contributed by atoms with Gasteiger partial charge in [0.25, 0.3) is 0 Å². The largest absolute Gasteiger partial charge is 0.325 e. The fourth-order valence-electron chi connectivity index (χ4n) is 3.01. The zero-order chi connectivity index (χ0) is 20.8. The standard InChI is InChI=1S/C23H21N5OS/c1-2-17-8-10-19(11-9-17)25-21(29)16-30-23-27-26-22(18-12-14-24-15-13-18)28(23)20-6-4-3-5-7-20/h3-15H,2,16H2,1H3,(H,25,29). The minimum Gasteiger partial charge on any atom is -0.325 e. The van der Waals surface area contributed by atoms with Gasteiger partial charge in [-0.15, -0.1) is 10.2 Å². The number of thioether (sulfide) groups is 1. The van der Waals surface area contributed by atoms with Crippen LogP contribution in [0.15, 0.2) is 84.3 Å². The van der Waals surface area contributed by atoms with Gasteiger partial charge in [-0.3, -0.25) is 14.3 Å². The summed E-state index contributed by atoms with van der Waals surface area (Å²) < 4.78 is 1.96. The summed E-state index contributed by atoms with van der Waals surface area (Å²) >= 11 is 1.35. The fourth-order valence-corrected chi connectivity index (χ4v) is 3.76. The van der Waals surface area contributed by atoms with Crippen LogP contribution in [0.5, 0.6) is 0 Å². The summed E-state index contributed by atoms with van der Waals surface area (Å²) in [4.78, 5) is 16.5. The summed E-state index contributed by atoms with van der Waals surface area (Å²) in [6.45, 7) is 2.10. The van der Waals surface area contributed by atoms with Crippen molar-refractivity contribution >= 4 is 23.4 Å². The van der Waals surface area contributed by atoms with E-state index in [1.54, 1.807) is 12.4 Å². The molecule has 6 nitrogen and oxygen atoms in total. The maximum absolute atomic E-state index is 12.5. The van der Waals surface area contributed by atoms with Crippen LogP contribution in [0.25, 0.3) is 17.1 Å². The SMILES string of the molecule is CCc1ccc(NC(=O)CSc2nnc(-c3ccncc3)n2-c2ccccc2)cc1. The first-order chi connectivity index (χ1) is 14.7. The lowest BCUT2D eigenvalue weighted by Crippen LogP contribution is -2.14. The van der Waals surface area contributed by atoms with Gasteiger partial charge in [0.2, 0.25) is 5.91 Å². The molecule has 0 saturated heterocycles. The van der Waals surface area contributed by atoms with Crippen molar-refractivity contribution < 1.29 is 4.79 Å². The third-order valence-corrected chi connectivity index (χ3v) is 5.49. The van der Waals surface area contributed by atoms with Crippen LogP contribution >= 0.6 is 11.8 Å². The molecular weight excluding hydrogens is 394 g/mol. The van der Waals surface area contributed by atoms with Crippen molar-refractivity contribution in [3.05, 3.63) is 84.7 Å². The number of nitrogens with zero attached hydrogens (tertiary/aromatic N) is 4. The molecule has 0 aliphatic rings. The number of carbonyl (C=O) groups excluding carboxylic acids is 1. The Morgan fingerprint density at radius 3 is 2.40 bits per heavy atom. The molecule has 0 spiro atoms. The van der Waals surface area contributed by atoms with E-state index in [4.69, 9.17) is 0 Å². The van der Waals surface area contributed by atoms with E-state index in [0.29, 0.717) is 11.0 Å². The smallest absolute Gasteiger partial charge is 0.234 e. The van der Waals surface area contributed by atoms with Gasteiger partial charge in [0.1, 0.15) is 0 Å². The number of pyridine rings is 1. The number of para-hydroxylation sites is 1. The molecule has 0 saturated carbocycles. The molecule has 7 heteroatoms. The maximum Gasteiger partial charge on any atom is 0.234 e. The third-order valence-electron chi connectivity index (χ3n) is 4.56. The minimum absolute atomic E-state index is 0.0858.